The van der Waals surface area contributed by atoms with Gasteiger partial charge in [-0.1, -0.05) is 264 Å². The van der Waals surface area contributed by atoms with Gasteiger partial charge in [0.1, 0.15) is 19.7 Å². The lowest BCUT2D eigenvalue weighted by atomic mass is 10.00. The van der Waals surface area contributed by atoms with Gasteiger partial charge in [0.15, 0.2) is 39.3 Å². The topological polar surface area (TPSA) is 341 Å². The van der Waals surface area contributed by atoms with E-state index < -0.39 is 98.4 Å². The second-order valence-electron chi connectivity index (χ2n) is 39.2. The van der Waals surface area contributed by atoms with Crippen LogP contribution in [0, 0.1) is 132 Å². The summed E-state index contributed by atoms with van der Waals surface area (Å²) < 4.78 is 236. The van der Waals surface area contributed by atoms with Crippen molar-refractivity contribution in [3.8, 4) is 0 Å². The van der Waals surface area contributed by atoms with Crippen LogP contribution in [0.4, 0.5) is 0 Å². The summed E-state index contributed by atoms with van der Waals surface area (Å²) in [7, 11) is -30.9. The van der Waals surface area contributed by atoms with Gasteiger partial charge < -0.3 is 0 Å². The van der Waals surface area contributed by atoms with E-state index in [1.807, 2.05) is 274 Å². The van der Waals surface area contributed by atoms with Crippen LogP contribution in [0.3, 0.4) is 0 Å². The molecule has 146 heavy (non-hydrogen) atoms. The van der Waals surface area contributed by atoms with Gasteiger partial charge in [0, 0.05) is 31.3 Å². The molecule has 2 fully saturated rings. The highest BCUT2D eigenvalue weighted by molar-refractivity contribution is 7.94. The highest BCUT2D eigenvalue weighted by Gasteiger charge is 2.36. The minimum atomic E-state index is -3.50. The van der Waals surface area contributed by atoms with Gasteiger partial charge in [-0.25, -0.2) is 84.2 Å². The molecule has 0 saturated heterocycles. The fraction of sp³-hybridized carbons (Fsp3) is 0.431. The Labute approximate surface area is 880 Å². The summed E-state index contributed by atoms with van der Waals surface area (Å²) in [4.78, 5) is 3.57. The molecule has 0 radical (unpaired) electrons. The van der Waals surface area contributed by atoms with Gasteiger partial charge in [-0.2, -0.15) is 0 Å². The molecule has 2 atom stereocenters. The maximum absolute atomic E-state index is 13.1. The molecule has 0 aliphatic heterocycles. The number of benzene rings is 11. The lowest BCUT2D eigenvalue weighted by Gasteiger charge is -2.29. The molecule has 11 aromatic carbocycles. The van der Waals surface area contributed by atoms with Gasteiger partial charge in [0.2, 0.25) is 39.3 Å². The highest BCUT2D eigenvalue weighted by atomic mass is 32.2. The third kappa shape index (κ3) is 41.3. The van der Waals surface area contributed by atoms with Gasteiger partial charge in [-0.05, 0) is 333 Å². The number of hydrogen-bond donors (Lipinski definition) is 0. The monoisotopic (exact) mass is 2190 g/mol. The number of rotatable bonds is 23. The van der Waals surface area contributed by atoms with E-state index >= 15 is 0 Å². The molecule has 20 nitrogen and oxygen atoms in total. The van der Waals surface area contributed by atoms with Crippen LogP contribution in [0.2, 0.25) is 0 Å². The Hall–Kier alpha value is -9.08. The number of sulfone groups is 10. The van der Waals surface area contributed by atoms with Crippen LogP contribution < -0.4 is 0 Å². The van der Waals surface area contributed by atoms with Gasteiger partial charge in [-0.15, -0.1) is 0 Å². The Bertz CT molecular complexity index is 6960. The van der Waals surface area contributed by atoms with Gasteiger partial charge in [-0.3, -0.25) is 0 Å². The van der Waals surface area contributed by atoms with Crippen LogP contribution in [-0.2, 0) is 110 Å². The average molecular weight is 2200 g/mol. The van der Waals surface area contributed by atoms with Crippen molar-refractivity contribution >= 4 is 98.4 Å². The molecule has 11 aromatic rings. The predicted octanol–water partition coefficient (Wildman–Crippen LogP) is 25.8. The van der Waals surface area contributed by atoms with Gasteiger partial charge in [0.25, 0.3) is 0 Å². The summed E-state index contributed by atoms with van der Waals surface area (Å²) >= 11 is 0. The predicted molar refractivity (Wildman–Crippen MR) is 603 cm³/mol. The molecular weight excluding hydrogens is 2030 g/mol. The van der Waals surface area contributed by atoms with Gasteiger partial charge in [0.05, 0.1) is 76.6 Å². The van der Waals surface area contributed by atoms with E-state index in [4.69, 9.17) is 0 Å². The molecule has 2 saturated carbocycles. The zero-order valence-electron chi connectivity index (χ0n) is 91.1. The SMILES string of the molecule is CCCCCC(CC)S(=O)(=O)C(C)CC.CS(C)(=O)=O.CS(C)(=O)=O.Cc1cc(C)c(S(=O)(=O)c2c(C)cc(C)cc2C)c(C)c1.Cc1cc(C)c(S(C)(=O)=O)c(C)c1.Cc1cc(S(=O)(=O)c2cc(C)c(C)c(C)c2)cc(C)c1C.Cc1ccc(S(=O)(=O)c2c(C)cc(C)cc2C)cc1.O=S(=O)(C1CCCCC1)C1CCCCC1.O=S(=O)(Cc1ccccc1)Cc1ccccc1.O=S(=O)(c1ccccc1)c1ccccc1. The van der Waals surface area contributed by atoms with E-state index in [9.17, 15) is 84.2 Å². The lowest BCUT2D eigenvalue weighted by Crippen LogP contribution is -2.34. The van der Waals surface area contributed by atoms with E-state index in [0.29, 0.717) is 44.1 Å². The minimum absolute atomic E-state index is 0.00866. The highest BCUT2D eigenvalue weighted by Crippen LogP contribution is 2.37. The molecule has 0 N–H and O–H groups in total. The molecule has 13 rings (SSSR count). The Balaban J connectivity index is 0.000000344. The minimum Gasteiger partial charge on any atom is -0.229 e. The summed E-state index contributed by atoms with van der Waals surface area (Å²) in [5.74, 6) is 0.200. The second-order valence-corrected chi connectivity index (χ2v) is 60.6. The number of hydrogen-bond acceptors (Lipinski definition) is 20. The molecule has 0 aromatic heterocycles. The molecule has 2 unspecified atom stereocenters. The molecule has 2 aliphatic rings. The van der Waals surface area contributed by atoms with Gasteiger partial charge >= 0.3 is 0 Å². The summed E-state index contributed by atoms with van der Waals surface area (Å²) in [6.07, 6.45) is 22.2. The molecule has 804 valence electrons. The first-order valence-corrected chi connectivity index (χ1v) is 66.9. The van der Waals surface area contributed by atoms with Crippen molar-refractivity contribution in [3.63, 3.8) is 0 Å². The molecular formula is C116H160O20S10. The van der Waals surface area contributed by atoms with Crippen LogP contribution in [0.15, 0.2) is 262 Å². The second kappa shape index (κ2) is 57.8. The Morgan fingerprint density at radius 1 is 0.267 bits per heavy atom. The Kier molecular flexibility index (Phi) is 51.1. The normalized spacial score (nSPS) is 13.6. The van der Waals surface area contributed by atoms with Crippen molar-refractivity contribution in [2.45, 2.75) is 339 Å². The first kappa shape index (κ1) is 129. The maximum atomic E-state index is 13.1. The number of aryl methyl sites for hydroxylation is 17. The fourth-order valence-corrected chi connectivity index (χ4v) is 31.9. The first-order valence-electron chi connectivity index (χ1n) is 49.4. The fourth-order valence-electron chi connectivity index (χ4n) is 17.8. The Morgan fingerprint density at radius 2 is 0.527 bits per heavy atom. The third-order valence-corrected chi connectivity index (χ3v) is 41.8. The zero-order chi connectivity index (χ0) is 111. The van der Waals surface area contributed by atoms with E-state index in [0.717, 1.165) is 232 Å². The van der Waals surface area contributed by atoms with Crippen molar-refractivity contribution in [1.29, 1.82) is 0 Å². The third-order valence-electron chi connectivity index (χ3n) is 25.1. The zero-order valence-corrected chi connectivity index (χ0v) is 99.2. The quantitative estimate of drug-likeness (QED) is 0.0537. The molecule has 30 heteroatoms. The molecule has 0 spiro atoms. The van der Waals surface area contributed by atoms with E-state index in [1.165, 1.54) is 19.1 Å². The average Bonchev–Trinajstić information content (AvgIpc) is 0.759. The summed E-state index contributed by atoms with van der Waals surface area (Å²) in [5, 5.41) is -0.272. The van der Waals surface area contributed by atoms with E-state index in [2.05, 4.69) is 6.92 Å². The molecule has 2 aliphatic carbocycles. The summed E-state index contributed by atoms with van der Waals surface area (Å²) in [5.41, 5.74) is 19.9. The Morgan fingerprint density at radius 3 is 0.795 bits per heavy atom. The van der Waals surface area contributed by atoms with Crippen LogP contribution in [0.1, 0.15) is 247 Å². The summed E-state index contributed by atoms with van der Waals surface area (Å²) in [6, 6.07) is 64.8. The van der Waals surface area contributed by atoms with Crippen LogP contribution in [0.5, 0.6) is 0 Å². The smallest absolute Gasteiger partial charge is 0.207 e. The molecule has 0 amide bonds. The van der Waals surface area contributed by atoms with Crippen molar-refractivity contribution in [1.82, 2.24) is 0 Å². The molecule has 0 heterocycles. The van der Waals surface area contributed by atoms with E-state index in [-0.39, 0.29) is 32.5 Å². The van der Waals surface area contributed by atoms with Crippen molar-refractivity contribution in [3.05, 3.63) is 335 Å². The van der Waals surface area contributed by atoms with Crippen LogP contribution in [0.25, 0.3) is 0 Å². The maximum Gasteiger partial charge on any atom is 0.207 e. The van der Waals surface area contributed by atoms with Crippen molar-refractivity contribution in [2.75, 3.05) is 31.3 Å². The van der Waals surface area contributed by atoms with Crippen LogP contribution >= 0.6 is 0 Å². The first-order chi connectivity index (χ1) is 67.5. The number of unbranched alkanes of at least 4 members (excludes halogenated alkanes) is 2. The summed E-state index contributed by atoms with van der Waals surface area (Å²) in [6.45, 7) is 44.4. The van der Waals surface area contributed by atoms with Crippen molar-refractivity contribution in [2.24, 2.45) is 0 Å². The van der Waals surface area contributed by atoms with E-state index in [1.54, 1.807) is 97.1 Å². The molecule has 0 bridgehead atoms. The standard InChI is InChI=1S/2C18H22O2S.C16H18O2S.C14H14O2S.C12H22O2S.C12H10O2S.C12H26O2S.C10H14O2S.2C2H6O2S/c1-11-7-17(8-12(2)15(11)5)21(19,20)18-9-13(3)16(6)14(4)10-18;1-11-7-13(3)17(14(4)8-11)21(19,20)18-15(5)9-12(2)10-16(18)6;1-11-5-7-15(8-6-11)19(17,18)16-13(3)9-12(2)10-14(16)4;15-17(16,11-13-7-3-1-4-8-13)12-14-9-5-2-6-10-14;2*13-15(14,11-7-3-1-4-8-11)12-9-5-2-6-10-12;1-5-8-9-10-12(7-3)15(13,14)11(4)6-2;1-7-5-8(2)10(9(3)6-7)13(4,11)12;2*1-5(2,3)4/h2*7-10H,1-6H3;5-10H,1-4H3;1-10H,11-12H2;11-12H,1-10H2;1-10H;11-12H,5-10H2,1-4H3;5-6H,1-4H3;2*1-2H3. The largest absolute Gasteiger partial charge is 0.229 e. The van der Waals surface area contributed by atoms with Crippen molar-refractivity contribution < 1.29 is 84.2 Å². The lowest BCUT2D eigenvalue weighted by molar-refractivity contribution is 0.449. The van der Waals surface area contributed by atoms with Crippen LogP contribution in [-0.4, -0.2) is 136 Å².